The molecule has 2 heterocycles. The Balaban J connectivity index is 2.83. The van der Waals surface area contributed by atoms with Crippen LogP contribution in [-0.4, -0.2) is 14.8 Å². The van der Waals surface area contributed by atoms with Crippen LogP contribution in [0.5, 0.6) is 0 Å². The van der Waals surface area contributed by atoms with Gasteiger partial charge >= 0.3 is 0 Å². The number of allylic oxidation sites excluding steroid dienone is 3. The summed E-state index contributed by atoms with van der Waals surface area (Å²) in [5.74, 6) is -0.110. The Bertz CT molecular complexity index is 717. The van der Waals surface area contributed by atoms with Crippen LogP contribution in [0, 0.1) is 34.0 Å². The second kappa shape index (κ2) is 4.13. The molecule has 1 aromatic heterocycles. The van der Waals surface area contributed by atoms with E-state index in [4.69, 9.17) is 27.3 Å². The molecule has 0 spiro atoms. The zero-order valence-corrected chi connectivity index (χ0v) is 9.56. The molecule has 4 N–H and O–H groups in total. The van der Waals surface area contributed by atoms with E-state index in [0.29, 0.717) is 0 Å². The predicted molar refractivity (Wildman–Crippen MR) is 61.6 cm³/mol. The highest BCUT2D eigenvalue weighted by atomic mass is 32.2. The summed E-state index contributed by atoms with van der Waals surface area (Å²) in [7, 11) is 0. The Hall–Kier alpha value is -2.96. The second-order valence-electron chi connectivity index (χ2n) is 3.07. The monoisotopic (exact) mass is 256 g/mol. The van der Waals surface area contributed by atoms with Gasteiger partial charge in [0.2, 0.25) is 5.95 Å². The number of nitrogens with two attached hydrogens (primary N) is 2. The van der Waals surface area contributed by atoms with Crippen LogP contribution in [0.3, 0.4) is 0 Å². The lowest BCUT2D eigenvalue weighted by Crippen LogP contribution is -2.11. The minimum absolute atomic E-state index is 0.0307. The number of nitrogens with zero attached hydrogens (tertiary/aromatic N) is 6. The highest BCUT2D eigenvalue weighted by Gasteiger charge is 2.25. The Morgan fingerprint density at radius 3 is 2.28 bits per heavy atom. The molecule has 1 aliphatic heterocycles. The number of fused-ring (bicyclic) bond motifs is 1. The van der Waals surface area contributed by atoms with Crippen LogP contribution in [0.25, 0.3) is 5.82 Å². The average Bonchev–Trinajstić information content (AvgIpc) is 2.69. The summed E-state index contributed by atoms with van der Waals surface area (Å²) in [6.07, 6.45) is 0. The maximum absolute atomic E-state index is 9.05. The van der Waals surface area contributed by atoms with E-state index in [9.17, 15) is 0 Å². The normalized spacial score (nSPS) is 14.3. The molecule has 0 unspecified atom stereocenters. The number of aromatic nitrogens is 3. The SMILES string of the molecule is N#CC1=C(C#N)C(C#N)=C(N)n2nc(N)nc2S1. The zero-order valence-electron chi connectivity index (χ0n) is 8.75. The number of thioether (sulfide) groups is 1. The van der Waals surface area contributed by atoms with Gasteiger partial charge in [0.15, 0.2) is 5.16 Å². The van der Waals surface area contributed by atoms with Gasteiger partial charge in [-0.15, -0.1) is 5.10 Å². The smallest absolute Gasteiger partial charge is 0.241 e. The first-order valence-electron chi connectivity index (χ1n) is 4.47. The summed E-state index contributed by atoms with van der Waals surface area (Å²) >= 11 is 0.887. The van der Waals surface area contributed by atoms with Crippen LogP contribution in [0.2, 0.25) is 0 Å². The van der Waals surface area contributed by atoms with E-state index in [0.717, 1.165) is 16.4 Å². The Labute approximate surface area is 105 Å². The summed E-state index contributed by atoms with van der Waals surface area (Å²) in [6.45, 7) is 0. The quantitative estimate of drug-likeness (QED) is 0.652. The summed E-state index contributed by atoms with van der Waals surface area (Å²) in [4.78, 5) is 3.90. The molecule has 0 radical (unpaired) electrons. The van der Waals surface area contributed by atoms with Gasteiger partial charge in [0.25, 0.3) is 0 Å². The van der Waals surface area contributed by atoms with Crippen LogP contribution in [0.1, 0.15) is 0 Å². The van der Waals surface area contributed by atoms with Crippen molar-refractivity contribution < 1.29 is 0 Å². The van der Waals surface area contributed by atoms with E-state index in [-0.39, 0.29) is 33.0 Å². The molecule has 0 saturated heterocycles. The molecule has 0 bridgehead atoms. The van der Waals surface area contributed by atoms with Crippen molar-refractivity contribution in [3.63, 3.8) is 0 Å². The molecule has 8 nitrogen and oxygen atoms in total. The fraction of sp³-hybridized carbons (Fsp3) is 0. The molecule has 0 aliphatic carbocycles. The third-order valence-corrected chi connectivity index (χ3v) is 3.02. The van der Waals surface area contributed by atoms with E-state index in [1.165, 1.54) is 0 Å². The molecule has 86 valence electrons. The van der Waals surface area contributed by atoms with Gasteiger partial charge in [0.1, 0.15) is 34.5 Å². The average molecular weight is 256 g/mol. The van der Waals surface area contributed by atoms with Crippen molar-refractivity contribution in [1.82, 2.24) is 14.8 Å². The van der Waals surface area contributed by atoms with Crippen molar-refractivity contribution in [3.05, 3.63) is 16.1 Å². The lowest BCUT2D eigenvalue weighted by atomic mass is 10.1. The van der Waals surface area contributed by atoms with Crippen molar-refractivity contribution in [2.75, 3.05) is 5.73 Å². The van der Waals surface area contributed by atoms with Crippen LogP contribution in [-0.2, 0) is 0 Å². The van der Waals surface area contributed by atoms with Gasteiger partial charge in [0, 0.05) is 0 Å². The first-order valence-corrected chi connectivity index (χ1v) is 5.29. The molecule has 0 amide bonds. The van der Waals surface area contributed by atoms with Crippen LogP contribution >= 0.6 is 11.8 Å². The van der Waals surface area contributed by atoms with Gasteiger partial charge in [0.05, 0.1) is 5.57 Å². The van der Waals surface area contributed by atoms with E-state index in [1.807, 2.05) is 6.07 Å². The Morgan fingerprint density at radius 2 is 1.72 bits per heavy atom. The molecule has 0 atom stereocenters. The van der Waals surface area contributed by atoms with Gasteiger partial charge < -0.3 is 11.5 Å². The van der Waals surface area contributed by atoms with Crippen LogP contribution < -0.4 is 11.5 Å². The topological polar surface area (TPSA) is 154 Å². The molecule has 0 saturated carbocycles. The van der Waals surface area contributed by atoms with Gasteiger partial charge in [-0.2, -0.15) is 25.5 Å². The van der Waals surface area contributed by atoms with Crippen molar-refractivity contribution in [1.29, 1.82) is 15.8 Å². The van der Waals surface area contributed by atoms with E-state index < -0.39 is 0 Å². The largest absolute Gasteiger partial charge is 0.382 e. The number of nitriles is 3. The molecule has 9 heteroatoms. The van der Waals surface area contributed by atoms with E-state index in [1.54, 1.807) is 12.1 Å². The zero-order chi connectivity index (χ0) is 13.3. The number of hydrogen-bond donors (Lipinski definition) is 2. The predicted octanol–water partition coefficient (Wildman–Crippen LogP) is -0.0819. The highest BCUT2D eigenvalue weighted by molar-refractivity contribution is 8.03. The number of hydrogen-bond acceptors (Lipinski definition) is 8. The number of anilines is 1. The molecule has 18 heavy (non-hydrogen) atoms. The van der Waals surface area contributed by atoms with Crippen LogP contribution in [0.15, 0.2) is 21.2 Å². The first kappa shape index (κ1) is 11.5. The summed E-state index contributed by atoms with van der Waals surface area (Å²) in [5.41, 5.74) is 11.0. The van der Waals surface area contributed by atoms with Crippen LogP contribution in [0.4, 0.5) is 5.95 Å². The minimum Gasteiger partial charge on any atom is -0.382 e. The summed E-state index contributed by atoms with van der Waals surface area (Å²) in [5, 5.41) is 31.1. The summed E-state index contributed by atoms with van der Waals surface area (Å²) < 4.78 is 1.14. The van der Waals surface area contributed by atoms with E-state index >= 15 is 0 Å². The molecule has 0 aromatic carbocycles. The molecule has 0 fully saturated rings. The summed E-state index contributed by atoms with van der Waals surface area (Å²) in [6, 6.07) is 5.42. The third-order valence-electron chi connectivity index (χ3n) is 2.07. The first-order chi connectivity index (χ1) is 8.62. The highest BCUT2D eigenvalue weighted by Crippen LogP contribution is 2.35. The Kier molecular flexibility index (Phi) is 2.64. The lowest BCUT2D eigenvalue weighted by molar-refractivity contribution is 0.794. The Morgan fingerprint density at radius 1 is 1.06 bits per heavy atom. The van der Waals surface area contributed by atoms with Gasteiger partial charge in [-0.05, 0) is 11.8 Å². The number of rotatable bonds is 0. The van der Waals surface area contributed by atoms with Crippen molar-refractivity contribution >= 4 is 23.5 Å². The maximum atomic E-state index is 9.05. The lowest BCUT2D eigenvalue weighted by Gasteiger charge is -2.01. The van der Waals surface area contributed by atoms with Gasteiger partial charge in [-0.3, -0.25) is 0 Å². The molecule has 2 rings (SSSR count). The molecule has 1 aliphatic rings. The van der Waals surface area contributed by atoms with Gasteiger partial charge in [-0.25, -0.2) is 0 Å². The fourth-order valence-corrected chi connectivity index (χ4v) is 2.17. The molecule has 1 aromatic rings. The fourth-order valence-electron chi connectivity index (χ4n) is 1.32. The van der Waals surface area contributed by atoms with E-state index in [2.05, 4.69) is 10.1 Å². The number of nitrogen functional groups attached to an aromatic ring is 1. The van der Waals surface area contributed by atoms with Gasteiger partial charge in [-0.1, -0.05) is 0 Å². The maximum Gasteiger partial charge on any atom is 0.241 e. The molecular weight excluding hydrogens is 252 g/mol. The third kappa shape index (κ3) is 1.54. The van der Waals surface area contributed by atoms with Crippen molar-refractivity contribution in [2.24, 2.45) is 5.73 Å². The van der Waals surface area contributed by atoms with Crippen molar-refractivity contribution in [2.45, 2.75) is 5.16 Å². The minimum atomic E-state index is -0.120. The second-order valence-corrected chi connectivity index (χ2v) is 4.04. The van der Waals surface area contributed by atoms with Crippen molar-refractivity contribution in [3.8, 4) is 18.2 Å². The standard InChI is InChI=1S/C9H4N8S/c10-1-4-5(2-11)7(13)17-9(15-8(14)16-17)18-6(4)3-12/h13H2,(H2,14,16). The molecular formula is C9H4N8S.